The van der Waals surface area contributed by atoms with Gasteiger partial charge in [0.15, 0.2) is 0 Å². The zero-order chi connectivity index (χ0) is 16.4. The summed E-state index contributed by atoms with van der Waals surface area (Å²) in [6, 6.07) is 8.99. The molecule has 2 aliphatic heterocycles. The normalized spacial score (nSPS) is 21.6. The zero-order valence-electron chi connectivity index (χ0n) is 15.1. The average molecular weight is 402 g/mol. The third-order valence-corrected chi connectivity index (χ3v) is 5.38. The Balaban J connectivity index is 0.00000121. The van der Waals surface area contributed by atoms with Crippen molar-refractivity contribution >= 4 is 30.7 Å². The van der Waals surface area contributed by atoms with Crippen LogP contribution in [0.25, 0.3) is 0 Å². The van der Waals surface area contributed by atoms with Crippen molar-refractivity contribution in [2.45, 2.75) is 25.4 Å². The van der Waals surface area contributed by atoms with Crippen molar-refractivity contribution in [3.8, 4) is 0 Å². The highest BCUT2D eigenvalue weighted by Crippen LogP contribution is 2.27. The number of rotatable bonds is 4. The molecule has 0 radical (unpaired) electrons. The first kappa shape index (κ1) is 21.5. The fourth-order valence-corrected chi connectivity index (χ4v) is 3.68. The minimum atomic E-state index is 0. The monoisotopic (exact) mass is 401 g/mol. The van der Waals surface area contributed by atoms with Crippen molar-refractivity contribution in [1.29, 1.82) is 0 Å². The highest BCUT2D eigenvalue weighted by molar-refractivity contribution is 5.94. The molecule has 3 fully saturated rings. The number of halogens is 2. The van der Waals surface area contributed by atoms with Gasteiger partial charge in [-0.3, -0.25) is 14.6 Å². The average Bonchev–Trinajstić information content (AvgIpc) is 3.48. The van der Waals surface area contributed by atoms with Gasteiger partial charge in [-0.05, 0) is 30.5 Å². The van der Waals surface area contributed by atoms with E-state index in [1.165, 1.54) is 18.4 Å². The quantitative estimate of drug-likeness (QED) is 0.775. The largest absolute Gasteiger partial charge is 0.379 e. The Bertz CT molecular complexity index is 567. The molecule has 0 bridgehead atoms. The van der Waals surface area contributed by atoms with E-state index in [0.29, 0.717) is 0 Å². The molecule has 2 heterocycles. The highest BCUT2D eigenvalue weighted by atomic mass is 35.5. The third-order valence-electron chi connectivity index (χ3n) is 5.38. The summed E-state index contributed by atoms with van der Waals surface area (Å²) < 4.78 is 5.39. The summed E-state index contributed by atoms with van der Waals surface area (Å²) in [5.74, 6) is 0.184. The summed E-state index contributed by atoms with van der Waals surface area (Å²) in [6.45, 7) is 8.37. The van der Waals surface area contributed by atoms with Gasteiger partial charge in [-0.2, -0.15) is 0 Å². The van der Waals surface area contributed by atoms with Crippen LogP contribution in [0.3, 0.4) is 0 Å². The van der Waals surface area contributed by atoms with Crippen LogP contribution in [0.15, 0.2) is 24.3 Å². The van der Waals surface area contributed by atoms with Crippen LogP contribution >= 0.6 is 24.8 Å². The van der Waals surface area contributed by atoms with E-state index in [1.807, 2.05) is 17.0 Å². The van der Waals surface area contributed by atoms with Gasteiger partial charge in [0.2, 0.25) is 0 Å². The molecule has 7 heteroatoms. The van der Waals surface area contributed by atoms with Gasteiger partial charge in [0, 0.05) is 57.4 Å². The molecule has 26 heavy (non-hydrogen) atoms. The van der Waals surface area contributed by atoms with Gasteiger partial charge in [-0.15, -0.1) is 24.8 Å². The number of amides is 1. The van der Waals surface area contributed by atoms with Crippen molar-refractivity contribution < 1.29 is 9.53 Å². The van der Waals surface area contributed by atoms with Crippen LogP contribution in [-0.2, 0) is 11.3 Å². The van der Waals surface area contributed by atoms with Crippen LogP contribution in [0.4, 0.5) is 0 Å². The molecule has 0 aromatic heterocycles. The predicted octanol–water partition coefficient (Wildman–Crippen LogP) is 2.28. The molecule has 0 unspecified atom stereocenters. The van der Waals surface area contributed by atoms with Crippen LogP contribution in [0.1, 0.15) is 28.8 Å². The van der Waals surface area contributed by atoms with Crippen LogP contribution in [0.2, 0.25) is 0 Å². The molecular formula is C19H29Cl2N3O2. The number of carbonyl (C=O) groups excluding carboxylic acids is 1. The van der Waals surface area contributed by atoms with E-state index in [0.717, 1.165) is 70.6 Å². The first-order chi connectivity index (χ1) is 11.8. The van der Waals surface area contributed by atoms with E-state index in [2.05, 4.69) is 21.9 Å². The Kier molecular flexibility index (Phi) is 8.17. The van der Waals surface area contributed by atoms with E-state index < -0.39 is 0 Å². The maximum atomic E-state index is 12.7. The highest BCUT2D eigenvalue weighted by Gasteiger charge is 2.32. The summed E-state index contributed by atoms with van der Waals surface area (Å²) in [4.78, 5) is 19.6. The van der Waals surface area contributed by atoms with Crippen LogP contribution in [-0.4, -0.2) is 79.1 Å². The van der Waals surface area contributed by atoms with E-state index in [9.17, 15) is 4.79 Å². The molecule has 2 saturated heterocycles. The molecule has 1 aromatic carbocycles. The smallest absolute Gasteiger partial charge is 0.253 e. The summed E-state index contributed by atoms with van der Waals surface area (Å²) in [7, 11) is 0. The lowest BCUT2D eigenvalue weighted by molar-refractivity contribution is 0.0342. The number of nitrogens with zero attached hydrogens (tertiary/aromatic N) is 3. The van der Waals surface area contributed by atoms with Crippen molar-refractivity contribution in [3.05, 3.63) is 35.4 Å². The molecule has 5 nitrogen and oxygen atoms in total. The predicted molar refractivity (Wildman–Crippen MR) is 108 cm³/mol. The summed E-state index contributed by atoms with van der Waals surface area (Å²) in [6.07, 6.45) is 2.69. The number of ether oxygens (including phenoxy) is 1. The summed E-state index contributed by atoms with van der Waals surface area (Å²) in [5, 5.41) is 0. The molecule has 1 amide bonds. The van der Waals surface area contributed by atoms with Crippen molar-refractivity contribution in [2.24, 2.45) is 0 Å². The number of piperazine rings is 1. The van der Waals surface area contributed by atoms with E-state index in [-0.39, 0.29) is 30.7 Å². The lowest BCUT2D eigenvalue weighted by atomic mass is 10.1. The second kappa shape index (κ2) is 9.90. The lowest BCUT2D eigenvalue weighted by Crippen LogP contribution is -2.49. The maximum absolute atomic E-state index is 12.7. The van der Waals surface area contributed by atoms with Gasteiger partial charge in [-0.1, -0.05) is 12.1 Å². The Morgan fingerprint density at radius 1 is 0.923 bits per heavy atom. The maximum Gasteiger partial charge on any atom is 0.253 e. The fraction of sp³-hybridized carbons (Fsp3) is 0.632. The summed E-state index contributed by atoms with van der Waals surface area (Å²) >= 11 is 0. The van der Waals surface area contributed by atoms with Gasteiger partial charge in [0.25, 0.3) is 5.91 Å². The van der Waals surface area contributed by atoms with Crippen LogP contribution in [0, 0.1) is 0 Å². The Morgan fingerprint density at radius 3 is 2.12 bits per heavy atom. The van der Waals surface area contributed by atoms with Crippen LogP contribution < -0.4 is 0 Å². The van der Waals surface area contributed by atoms with Gasteiger partial charge >= 0.3 is 0 Å². The third kappa shape index (κ3) is 5.33. The number of morpholine rings is 1. The first-order valence-corrected chi connectivity index (χ1v) is 9.22. The Labute approximate surface area is 168 Å². The molecule has 1 aliphatic carbocycles. The molecule has 0 atom stereocenters. The van der Waals surface area contributed by atoms with Gasteiger partial charge in [0.1, 0.15) is 0 Å². The van der Waals surface area contributed by atoms with E-state index in [1.54, 1.807) is 0 Å². The number of hydrogen-bond donors (Lipinski definition) is 0. The van der Waals surface area contributed by atoms with E-state index in [4.69, 9.17) is 4.74 Å². The molecule has 146 valence electrons. The second-order valence-corrected chi connectivity index (χ2v) is 7.14. The van der Waals surface area contributed by atoms with Crippen LogP contribution in [0.5, 0.6) is 0 Å². The molecule has 0 N–H and O–H groups in total. The molecule has 1 aromatic rings. The molecule has 1 saturated carbocycles. The van der Waals surface area contributed by atoms with Gasteiger partial charge < -0.3 is 9.64 Å². The zero-order valence-corrected chi connectivity index (χ0v) is 16.8. The van der Waals surface area contributed by atoms with E-state index >= 15 is 0 Å². The van der Waals surface area contributed by atoms with Crippen molar-refractivity contribution in [1.82, 2.24) is 14.7 Å². The minimum Gasteiger partial charge on any atom is -0.379 e. The Morgan fingerprint density at radius 2 is 1.54 bits per heavy atom. The van der Waals surface area contributed by atoms with Gasteiger partial charge in [0.05, 0.1) is 13.2 Å². The number of carbonyl (C=O) groups is 1. The molecule has 3 aliphatic rings. The second-order valence-electron chi connectivity index (χ2n) is 7.14. The standard InChI is InChI=1S/C19H27N3O2.2ClH/c23-19(22-9-7-21(8-10-22)18-5-6-18)17-3-1-16(2-4-17)15-20-11-13-24-14-12-20;;/h1-4,18H,5-15H2;2*1H. The number of benzene rings is 1. The summed E-state index contributed by atoms with van der Waals surface area (Å²) in [5.41, 5.74) is 2.09. The SMILES string of the molecule is Cl.Cl.O=C(c1ccc(CN2CCOCC2)cc1)N1CCN(C2CC2)CC1. The lowest BCUT2D eigenvalue weighted by Gasteiger charge is -2.34. The molecule has 0 spiro atoms. The Hall–Kier alpha value is -0.850. The molecule has 4 rings (SSSR count). The fourth-order valence-electron chi connectivity index (χ4n) is 3.68. The van der Waals surface area contributed by atoms with Crippen molar-refractivity contribution in [2.75, 3.05) is 52.5 Å². The first-order valence-electron chi connectivity index (χ1n) is 9.22. The topological polar surface area (TPSA) is 36.0 Å². The number of hydrogen-bond acceptors (Lipinski definition) is 4. The van der Waals surface area contributed by atoms with Crippen molar-refractivity contribution in [3.63, 3.8) is 0 Å². The molecular weight excluding hydrogens is 373 g/mol. The van der Waals surface area contributed by atoms with Gasteiger partial charge in [-0.25, -0.2) is 0 Å². The minimum absolute atomic E-state index is 0.